The van der Waals surface area contributed by atoms with E-state index in [4.69, 9.17) is 5.11 Å². The molecule has 0 aromatic heterocycles. The van der Waals surface area contributed by atoms with E-state index >= 15 is 0 Å². The van der Waals surface area contributed by atoms with Gasteiger partial charge in [-0.05, 0) is 55.5 Å². The summed E-state index contributed by atoms with van der Waals surface area (Å²) in [5.74, 6) is -0.492. The van der Waals surface area contributed by atoms with Crippen molar-refractivity contribution in [2.24, 2.45) is 0 Å². The molecule has 0 spiro atoms. The first-order valence-corrected chi connectivity index (χ1v) is 8.38. The summed E-state index contributed by atoms with van der Waals surface area (Å²) in [5, 5.41) is 11.9. The zero-order chi connectivity index (χ0) is 16.4. The summed E-state index contributed by atoms with van der Waals surface area (Å²) in [4.78, 5) is 24.9. The smallest absolute Gasteiger partial charge is 0.277 e. The number of benzene rings is 1. The lowest BCUT2D eigenvalue weighted by atomic mass is 10.0. The maximum Gasteiger partial charge on any atom is 0.277 e. The van der Waals surface area contributed by atoms with Gasteiger partial charge in [0.1, 0.15) is 5.70 Å². The Morgan fingerprint density at radius 2 is 1.82 bits per heavy atom. The molecule has 22 heavy (non-hydrogen) atoms. The number of rotatable bonds is 5. The van der Waals surface area contributed by atoms with Crippen LogP contribution in [0.2, 0.25) is 0 Å². The second-order valence-electron chi connectivity index (χ2n) is 5.22. The van der Waals surface area contributed by atoms with Crippen molar-refractivity contribution in [1.29, 1.82) is 0 Å². The predicted molar refractivity (Wildman–Crippen MR) is 91.4 cm³/mol. The van der Waals surface area contributed by atoms with Crippen molar-refractivity contribution in [2.45, 2.75) is 19.8 Å². The van der Waals surface area contributed by atoms with Crippen molar-refractivity contribution in [2.75, 3.05) is 18.5 Å². The molecule has 1 aliphatic rings. The summed E-state index contributed by atoms with van der Waals surface area (Å²) in [6, 6.07) is 3.95. The van der Waals surface area contributed by atoms with E-state index in [0.29, 0.717) is 11.6 Å². The minimum Gasteiger partial charge on any atom is -0.395 e. The summed E-state index contributed by atoms with van der Waals surface area (Å²) in [6.45, 7) is 3.93. The SMILES string of the molecule is CC(C)c1cc(Br)c(NC2=CC(=O)N(CCO)C2=O)c(Br)c1. The predicted octanol–water partition coefficient (Wildman–Crippen LogP) is 2.99. The number of halogens is 2. The van der Waals surface area contributed by atoms with Crippen LogP contribution in [0.4, 0.5) is 5.69 Å². The van der Waals surface area contributed by atoms with Crippen molar-refractivity contribution in [3.8, 4) is 0 Å². The minimum atomic E-state index is -0.439. The lowest BCUT2D eigenvalue weighted by Gasteiger charge is -2.16. The third kappa shape index (κ3) is 3.42. The number of hydrogen-bond acceptors (Lipinski definition) is 4. The number of anilines is 1. The molecule has 1 aromatic rings. The van der Waals surface area contributed by atoms with Gasteiger partial charge in [-0.25, -0.2) is 0 Å². The first-order valence-electron chi connectivity index (χ1n) is 6.79. The second kappa shape index (κ2) is 6.93. The molecule has 2 rings (SSSR count). The van der Waals surface area contributed by atoms with E-state index in [0.717, 1.165) is 19.4 Å². The van der Waals surface area contributed by atoms with Gasteiger partial charge in [-0.2, -0.15) is 0 Å². The van der Waals surface area contributed by atoms with E-state index in [9.17, 15) is 9.59 Å². The van der Waals surface area contributed by atoms with Crippen molar-refractivity contribution in [3.05, 3.63) is 38.4 Å². The van der Waals surface area contributed by atoms with E-state index in [2.05, 4.69) is 51.0 Å². The van der Waals surface area contributed by atoms with E-state index in [1.807, 2.05) is 12.1 Å². The molecule has 0 radical (unpaired) electrons. The average molecular weight is 432 g/mol. The number of aliphatic hydroxyl groups is 1. The first-order chi connectivity index (χ1) is 10.3. The average Bonchev–Trinajstić information content (AvgIpc) is 2.70. The lowest BCUT2D eigenvalue weighted by Crippen LogP contribution is -2.34. The van der Waals surface area contributed by atoms with Crippen molar-refractivity contribution in [1.82, 2.24) is 4.90 Å². The normalized spacial score (nSPS) is 14.8. The molecule has 0 fully saturated rings. The summed E-state index contributed by atoms with van der Waals surface area (Å²) < 4.78 is 1.60. The van der Waals surface area contributed by atoms with Crippen LogP contribution in [0.5, 0.6) is 0 Å². The van der Waals surface area contributed by atoms with Gasteiger partial charge in [-0.15, -0.1) is 0 Å². The molecule has 1 aromatic carbocycles. The van der Waals surface area contributed by atoms with Crippen LogP contribution in [0.25, 0.3) is 0 Å². The number of aliphatic hydroxyl groups excluding tert-OH is 1. The van der Waals surface area contributed by atoms with Crippen LogP contribution in [0.3, 0.4) is 0 Å². The molecular weight excluding hydrogens is 416 g/mol. The molecule has 2 N–H and O–H groups in total. The quantitative estimate of drug-likeness (QED) is 0.703. The number of imide groups is 1. The molecule has 0 saturated carbocycles. The number of β-amino-alcohol motifs (C(OH)–C–C–N with tert-alkyl or cyclic N) is 1. The summed E-state index contributed by atoms with van der Waals surface area (Å²) in [5.41, 5.74) is 2.02. The number of nitrogens with zero attached hydrogens (tertiary/aromatic N) is 1. The van der Waals surface area contributed by atoms with Crippen LogP contribution in [0.1, 0.15) is 25.3 Å². The molecule has 0 unspecified atom stereocenters. The molecule has 1 heterocycles. The Hall–Kier alpha value is -1.18. The van der Waals surface area contributed by atoms with Crippen LogP contribution < -0.4 is 5.32 Å². The van der Waals surface area contributed by atoms with Crippen molar-refractivity contribution >= 4 is 49.4 Å². The van der Waals surface area contributed by atoms with E-state index in [1.54, 1.807) is 0 Å². The van der Waals surface area contributed by atoms with Crippen LogP contribution in [-0.4, -0.2) is 35.0 Å². The third-order valence-electron chi connectivity index (χ3n) is 3.32. The van der Waals surface area contributed by atoms with Gasteiger partial charge in [-0.3, -0.25) is 14.5 Å². The van der Waals surface area contributed by atoms with Crippen molar-refractivity contribution < 1.29 is 14.7 Å². The molecule has 5 nitrogen and oxygen atoms in total. The Balaban J connectivity index is 2.27. The van der Waals surface area contributed by atoms with Gasteiger partial charge in [0.15, 0.2) is 0 Å². The number of nitrogens with one attached hydrogen (secondary N) is 1. The second-order valence-corrected chi connectivity index (χ2v) is 6.92. The van der Waals surface area contributed by atoms with E-state index in [1.165, 1.54) is 6.08 Å². The van der Waals surface area contributed by atoms with Gasteiger partial charge in [0.25, 0.3) is 11.8 Å². The highest BCUT2D eigenvalue weighted by Crippen LogP contribution is 2.36. The fourth-order valence-corrected chi connectivity index (χ4v) is 3.51. The largest absolute Gasteiger partial charge is 0.395 e. The Kier molecular flexibility index (Phi) is 5.41. The standard InChI is InChI=1S/C15H16Br2N2O3/c1-8(2)9-5-10(16)14(11(17)6-9)18-12-7-13(21)19(3-4-20)15(12)22/h5-8,18,20H,3-4H2,1-2H3. The molecular formula is C15H16Br2N2O3. The molecule has 7 heteroatoms. The summed E-state index contributed by atoms with van der Waals surface area (Å²) in [7, 11) is 0. The maximum atomic E-state index is 12.1. The van der Waals surface area contributed by atoms with E-state index in [-0.39, 0.29) is 18.8 Å². The third-order valence-corrected chi connectivity index (χ3v) is 4.57. The Bertz CT molecular complexity index is 633. The van der Waals surface area contributed by atoms with Gasteiger partial charge in [-0.1, -0.05) is 13.8 Å². The molecule has 2 amide bonds. The molecule has 118 valence electrons. The Labute approximate surface area is 145 Å². The summed E-state index contributed by atoms with van der Waals surface area (Å²) >= 11 is 6.97. The number of hydrogen-bond donors (Lipinski definition) is 2. The highest BCUT2D eigenvalue weighted by atomic mass is 79.9. The molecule has 0 aliphatic carbocycles. The Morgan fingerprint density at radius 3 is 2.32 bits per heavy atom. The van der Waals surface area contributed by atoms with Gasteiger partial charge in [0.05, 0.1) is 18.8 Å². The van der Waals surface area contributed by atoms with Crippen LogP contribution in [0, 0.1) is 0 Å². The lowest BCUT2D eigenvalue weighted by molar-refractivity contribution is -0.137. The zero-order valence-electron chi connectivity index (χ0n) is 12.2. The zero-order valence-corrected chi connectivity index (χ0v) is 15.4. The fraction of sp³-hybridized carbons (Fsp3) is 0.333. The molecule has 0 atom stereocenters. The minimum absolute atomic E-state index is 0.00598. The van der Waals surface area contributed by atoms with Crippen LogP contribution in [0.15, 0.2) is 32.9 Å². The van der Waals surface area contributed by atoms with Gasteiger partial charge in [0.2, 0.25) is 0 Å². The highest BCUT2D eigenvalue weighted by Gasteiger charge is 2.31. The van der Waals surface area contributed by atoms with E-state index < -0.39 is 11.8 Å². The number of carbonyl (C=O) groups excluding carboxylic acids is 2. The topological polar surface area (TPSA) is 69.6 Å². The molecule has 1 aliphatic heterocycles. The van der Waals surface area contributed by atoms with Crippen LogP contribution in [-0.2, 0) is 9.59 Å². The van der Waals surface area contributed by atoms with Crippen molar-refractivity contribution in [3.63, 3.8) is 0 Å². The molecule has 0 bridgehead atoms. The molecule has 0 saturated heterocycles. The van der Waals surface area contributed by atoms with Gasteiger partial charge in [0, 0.05) is 15.0 Å². The monoisotopic (exact) mass is 430 g/mol. The highest BCUT2D eigenvalue weighted by molar-refractivity contribution is 9.11. The fourth-order valence-electron chi connectivity index (χ4n) is 2.09. The van der Waals surface area contributed by atoms with Gasteiger partial charge >= 0.3 is 0 Å². The van der Waals surface area contributed by atoms with Gasteiger partial charge < -0.3 is 10.4 Å². The first kappa shape index (κ1) is 17.2. The number of amides is 2. The maximum absolute atomic E-state index is 12.1. The summed E-state index contributed by atoms with van der Waals surface area (Å²) in [6.07, 6.45) is 1.24. The number of carbonyl (C=O) groups is 2. The van der Waals surface area contributed by atoms with Crippen LogP contribution >= 0.6 is 31.9 Å². The Morgan fingerprint density at radius 1 is 1.23 bits per heavy atom.